The largest absolute Gasteiger partial charge is 0.487 e. The second-order valence-corrected chi connectivity index (χ2v) is 6.89. The fourth-order valence-corrected chi connectivity index (χ4v) is 2.45. The highest BCUT2D eigenvalue weighted by atomic mass is 79.9. The van der Waals surface area contributed by atoms with E-state index >= 15 is 0 Å². The van der Waals surface area contributed by atoms with Gasteiger partial charge in [0.2, 0.25) is 0 Å². The van der Waals surface area contributed by atoms with Crippen LogP contribution in [0.1, 0.15) is 79.6 Å². The van der Waals surface area contributed by atoms with E-state index in [9.17, 15) is 0 Å². The van der Waals surface area contributed by atoms with E-state index in [1.54, 1.807) is 0 Å². The summed E-state index contributed by atoms with van der Waals surface area (Å²) >= 11 is 3.64. The molecule has 0 aliphatic carbocycles. The van der Waals surface area contributed by atoms with Crippen molar-refractivity contribution in [3.63, 3.8) is 0 Å². The Balaban J connectivity index is 4.01. The van der Waals surface area contributed by atoms with Gasteiger partial charge in [-0.25, -0.2) is 0 Å². The molecule has 2 nitrogen and oxygen atoms in total. The summed E-state index contributed by atoms with van der Waals surface area (Å²) in [4.78, 5) is 0. The number of halogens is 1. The van der Waals surface area contributed by atoms with Gasteiger partial charge in [-0.1, -0.05) is 55.0 Å². The van der Waals surface area contributed by atoms with E-state index in [2.05, 4.69) is 28.8 Å². The highest BCUT2D eigenvalue weighted by Crippen LogP contribution is 2.18. The quantitative estimate of drug-likeness (QED) is 0.324. The zero-order valence-corrected chi connectivity index (χ0v) is 15.5. The molecule has 0 unspecified atom stereocenters. The Kier molecular flexibility index (Phi) is 13.0. The standard InChI is InChI=1S/C16H32BBrO2/c1-6-7-8-9-10-11-12-16(18)13-17(19-14(2)3)20-15(4)5/h13-15H,6-12H2,1-5H3/b16-13-. The molecule has 0 aliphatic heterocycles. The molecule has 0 amide bonds. The number of allylic oxidation sites excluding steroid dienone is 1. The first-order valence-corrected chi connectivity index (χ1v) is 8.92. The fraction of sp³-hybridized carbons (Fsp3) is 0.875. The molecular formula is C16H32BBrO2. The summed E-state index contributed by atoms with van der Waals surface area (Å²) in [7, 11) is -0.246. The molecule has 0 rings (SSSR count). The average Bonchev–Trinajstić information content (AvgIpc) is 2.31. The van der Waals surface area contributed by atoms with E-state index < -0.39 is 0 Å². The van der Waals surface area contributed by atoms with Crippen LogP contribution < -0.4 is 0 Å². The molecule has 118 valence electrons. The minimum absolute atomic E-state index is 0.171. The van der Waals surface area contributed by atoms with Crippen LogP contribution in [0.4, 0.5) is 0 Å². The van der Waals surface area contributed by atoms with Crippen molar-refractivity contribution in [3.05, 3.63) is 10.5 Å². The predicted octanol–water partition coefficient (Wildman–Crippen LogP) is 5.89. The third-order valence-electron chi connectivity index (χ3n) is 2.90. The molecule has 0 aliphatic rings. The summed E-state index contributed by atoms with van der Waals surface area (Å²) in [6.45, 7) is 10.4. The van der Waals surface area contributed by atoms with Gasteiger partial charge in [0.15, 0.2) is 0 Å². The summed E-state index contributed by atoms with van der Waals surface area (Å²) < 4.78 is 12.7. The molecule has 0 fully saturated rings. The van der Waals surface area contributed by atoms with Crippen molar-refractivity contribution < 1.29 is 9.31 Å². The molecule has 0 heterocycles. The minimum atomic E-state index is -0.246. The highest BCUT2D eigenvalue weighted by molar-refractivity contribution is 9.11. The first-order chi connectivity index (χ1) is 9.45. The Morgan fingerprint density at radius 3 is 1.95 bits per heavy atom. The van der Waals surface area contributed by atoms with Gasteiger partial charge in [0.05, 0.1) is 0 Å². The monoisotopic (exact) mass is 346 g/mol. The summed E-state index contributed by atoms with van der Waals surface area (Å²) in [5, 5.41) is 0. The summed E-state index contributed by atoms with van der Waals surface area (Å²) in [5.74, 6) is 2.06. The van der Waals surface area contributed by atoms with Crippen LogP contribution in [-0.2, 0) is 9.31 Å². The number of rotatable bonds is 12. The smallest absolute Gasteiger partial charge is 0.405 e. The van der Waals surface area contributed by atoms with Gasteiger partial charge in [-0.05, 0) is 51.0 Å². The maximum absolute atomic E-state index is 5.76. The summed E-state index contributed by atoms with van der Waals surface area (Å²) in [6, 6.07) is 0. The number of hydrogen-bond donors (Lipinski definition) is 0. The van der Waals surface area contributed by atoms with Crippen molar-refractivity contribution in [1.29, 1.82) is 0 Å². The van der Waals surface area contributed by atoms with Crippen LogP contribution in [0.2, 0.25) is 0 Å². The van der Waals surface area contributed by atoms with Crippen LogP contribution in [0.3, 0.4) is 0 Å². The van der Waals surface area contributed by atoms with E-state index in [0.717, 1.165) is 6.42 Å². The molecule has 20 heavy (non-hydrogen) atoms. The molecule has 0 saturated heterocycles. The molecule has 0 aromatic rings. The molecule has 0 saturated carbocycles. The van der Waals surface area contributed by atoms with E-state index in [4.69, 9.17) is 9.31 Å². The first kappa shape index (κ1) is 20.2. The van der Waals surface area contributed by atoms with Gasteiger partial charge in [0.1, 0.15) is 0 Å². The van der Waals surface area contributed by atoms with Gasteiger partial charge in [-0.15, -0.1) is 0 Å². The lowest BCUT2D eigenvalue weighted by atomic mass is 9.88. The molecule has 4 heteroatoms. The minimum Gasteiger partial charge on any atom is -0.405 e. The van der Waals surface area contributed by atoms with Crippen LogP contribution in [-0.4, -0.2) is 19.3 Å². The van der Waals surface area contributed by atoms with Gasteiger partial charge in [-0.2, -0.15) is 0 Å². The van der Waals surface area contributed by atoms with E-state index in [1.807, 2.05) is 27.7 Å². The number of unbranched alkanes of at least 4 members (excludes halogenated alkanes) is 5. The Morgan fingerprint density at radius 1 is 0.950 bits per heavy atom. The average molecular weight is 347 g/mol. The molecule has 0 atom stereocenters. The van der Waals surface area contributed by atoms with Gasteiger partial charge < -0.3 is 9.31 Å². The van der Waals surface area contributed by atoms with Gasteiger partial charge >= 0.3 is 7.12 Å². The van der Waals surface area contributed by atoms with Crippen molar-refractivity contribution in [2.45, 2.75) is 91.8 Å². The topological polar surface area (TPSA) is 18.5 Å². The number of hydrogen-bond acceptors (Lipinski definition) is 2. The third kappa shape index (κ3) is 13.2. The van der Waals surface area contributed by atoms with Crippen molar-refractivity contribution in [3.8, 4) is 0 Å². The van der Waals surface area contributed by atoms with Gasteiger partial charge in [0.25, 0.3) is 0 Å². The van der Waals surface area contributed by atoms with Crippen LogP contribution in [0.5, 0.6) is 0 Å². The van der Waals surface area contributed by atoms with Crippen LogP contribution in [0.15, 0.2) is 10.5 Å². The maximum atomic E-state index is 5.76. The summed E-state index contributed by atoms with van der Waals surface area (Å²) in [6.07, 6.45) is 9.35. The normalized spacial score (nSPS) is 12.5. The molecular weight excluding hydrogens is 315 g/mol. The van der Waals surface area contributed by atoms with Crippen molar-refractivity contribution in [2.24, 2.45) is 0 Å². The molecule has 0 aromatic heterocycles. The lowest BCUT2D eigenvalue weighted by Crippen LogP contribution is -2.28. The maximum Gasteiger partial charge on any atom is 0.487 e. The Bertz CT molecular complexity index is 245. The highest BCUT2D eigenvalue weighted by Gasteiger charge is 2.19. The molecule has 0 bridgehead atoms. The SMILES string of the molecule is CCCCCCCC/C(Br)=C/B(OC(C)C)OC(C)C. The Labute approximate surface area is 135 Å². The van der Waals surface area contributed by atoms with Gasteiger partial charge in [0, 0.05) is 12.2 Å². The van der Waals surface area contributed by atoms with Crippen molar-refractivity contribution >= 4 is 23.0 Å². The van der Waals surface area contributed by atoms with Crippen LogP contribution in [0, 0.1) is 0 Å². The van der Waals surface area contributed by atoms with Crippen LogP contribution >= 0.6 is 15.9 Å². The van der Waals surface area contributed by atoms with Crippen LogP contribution in [0.25, 0.3) is 0 Å². The Hall–Kier alpha value is 0.205. The van der Waals surface area contributed by atoms with Gasteiger partial charge in [-0.3, -0.25) is 0 Å². The fourth-order valence-electron chi connectivity index (χ4n) is 1.95. The second kappa shape index (κ2) is 12.9. The first-order valence-electron chi connectivity index (χ1n) is 8.12. The van der Waals surface area contributed by atoms with E-state index in [0.29, 0.717) is 0 Å². The van der Waals surface area contributed by atoms with E-state index in [1.165, 1.54) is 43.0 Å². The van der Waals surface area contributed by atoms with E-state index in [-0.39, 0.29) is 19.3 Å². The molecule has 0 radical (unpaired) electrons. The molecule has 0 spiro atoms. The molecule has 0 aromatic carbocycles. The van der Waals surface area contributed by atoms with Crippen molar-refractivity contribution in [2.75, 3.05) is 0 Å². The van der Waals surface area contributed by atoms with Crippen molar-refractivity contribution in [1.82, 2.24) is 0 Å². The second-order valence-electron chi connectivity index (χ2n) is 5.87. The predicted molar refractivity (Wildman–Crippen MR) is 93.2 cm³/mol. The Morgan fingerprint density at radius 2 is 1.45 bits per heavy atom. The lowest BCUT2D eigenvalue weighted by molar-refractivity contribution is 0.138. The lowest BCUT2D eigenvalue weighted by Gasteiger charge is -2.17. The summed E-state index contributed by atoms with van der Waals surface area (Å²) in [5.41, 5.74) is 0. The molecule has 0 N–H and O–H groups in total. The zero-order chi connectivity index (χ0) is 15.4. The third-order valence-corrected chi connectivity index (χ3v) is 3.56. The zero-order valence-electron chi connectivity index (χ0n) is 14.0.